The van der Waals surface area contributed by atoms with Crippen LogP contribution < -0.4 is 9.47 Å². The Hall–Kier alpha value is -2.45. The van der Waals surface area contributed by atoms with Crippen molar-refractivity contribution in [1.29, 1.82) is 0 Å². The molecule has 3 aliphatic rings. The Morgan fingerprint density at radius 3 is 2.76 bits per heavy atom. The van der Waals surface area contributed by atoms with Crippen LogP contribution in [0.15, 0.2) is 17.2 Å². The van der Waals surface area contributed by atoms with Gasteiger partial charge in [0.25, 0.3) is 5.88 Å². The average molecular weight is 487 g/mol. The lowest BCUT2D eigenvalue weighted by Crippen LogP contribution is -2.41. The normalized spacial score (nSPS) is 25.9. The highest BCUT2D eigenvalue weighted by Crippen LogP contribution is 2.48. The number of likely N-dealkylation sites (N-methyl/N-ethyl adjacent to an activating group) is 1. The van der Waals surface area contributed by atoms with Crippen molar-refractivity contribution >= 4 is 17.4 Å². The average Bonchev–Trinajstić information content (AvgIpc) is 3.46. The van der Waals surface area contributed by atoms with Gasteiger partial charge in [-0.2, -0.15) is 4.98 Å². The first kappa shape index (κ1) is 23.3. The lowest BCUT2D eigenvalue weighted by molar-refractivity contribution is -0.128. The highest BCUT2D eigenvalue weighted by molar-refractivity contribution is 6.31. The van der Waals surface area contributed by atoms with Crippen LogP contribution in [0.2, 0.25) is 5.15 Å². The van der Waals surface area contributed by atoms with E-state index in [1.165, 1.54) is 7.11 Å². The van der Waals surface area contributed by atoms with Crippen LogP contribution in [0.4, 0.5) is 0 Å². The van der Waals surface area contributed by atoms with Crippen LogP contribution in [0.25, 0.3) is 11.5 Å². The molecule has 0 aromatic carbocycles. The molecule has 2 fully saturated rings. The molecule has 1 saturated heterocycles. The topological polar surface area (TPSA) is 90.6 Å². The number of ketones is 1. The fraction of sp³-hybridized carbons (Fsp3) is 0.600. The summed E-state index contributed by atoms with van der Waals surface area (Å²) in [6.07, 6.45) is 9.44. The van der Waals surface area contributed by atoms with Gasteiger partial charge >= 0.3 is 0 Å². The summed E-state index contributed by atoms with van der Waals surface area (Å²) in [5.74, 6) is 1.78. The predicted molar refractivity (Wildman–Crippen MR) is 127 cm³/mol. The number of carbonyl (C=O) groups excluding carboxylic acids is 1. The number of halogens is 1. The van der Waals surface area contributed by atoms with Gasteiger partial charge in [-0.25, -0.2) is 4.98 Å². The van der Waals surface area contributed by atoms with E-state index in [1.807, 2.05) is 0 Å². The zero-order valence-electron chi connectivity index (χ0n) is 19.8. The third-order valence-corrected chi connectivity index (χ3v) is 7.95. The van der Waals surface area contributed by atoms with E-state index in [9.17, 15) is 4.79 Å². The number of carbonyl (C=O) groups is 1. The molecule has 1 spiro atoms. The van der Waals surface area contributed by atoms with Crippen molar-refractivity contribution in [3.63, 3.8) is 0 Å². The summed E-state index contributed by atoms with van der Waals surface area (Å²) in [6.45, 7) is 4.98. The predicted octanol–water partition coefficient (Wildman–Crippen LogP) is 4.54. The number of rotatable bonds is 6. The molecule has 3 heterocycles. The minimum atomic E-state index is -0.562. The second kappa shape index (κ2) is 9.30. The molecule has 0 amide bonds. The molecule has 0 bridgehead atoms. The van der Waals surface area contributed by atoms with Crippen LogP contribution in [-0.4, -0.2) is 58.7 Å². The molecule has 2 aromatic rings. The number of likely N-dealkylation sites (tertiary alicyclic amines) is 1. The van der Waals surface area contributed by atoms with Gasteiger partial charge in [-0.1, -0.05) is 29.8 Å². The number of ether oxygens (including phenoxy) is 2. The number of aromatic nitrogens is 3. The maximum absolute atomic E-state index is 13.0. The number of hydrogen-bond donors (Lipinski definition) is 0. The van der Waals surface area contributed by atoms with E-state index in [4.69, 9.17) is 25.6 Å². The van der Waals surface area contributed by atoms with Gasteiger partial charge in [0, 0.05) is 12.0 Å². The number of methoxy groups -OCH3 is 1. The summed E-state index contributed by atoms with van der Waals surface area (Å²) in [6, 6.07) is 0.191. The molecule has 2 aliphatic carbocycles. The minimum absolute atomic E-state index is 0.140. The molecule has 0 unspecified atom stereocenters. The third kappa shape index (κ3) is 3.81. The van der Waals surface area contributed by atoms with Crippen LogP contribution in [0.3, 0.4) is 0 Å². The van der Waals surface area contributed by atoms with Gasteiger partial charge in [0.2, 0.25) is 5.75 Å². The molecule has 0 N–H and O–H groups in total. The second-order valence-corrected chi connectivity index (χ2v) is 9.95. The second-order valence-electron chi connectivity index (χ2n) is 9.59. The Balaban J connectivity index is 1.53. The Morgan fingerprint density at radius 1 is 1.24 bits per heavy atom. The van der Waals surface area contributed by atoms with Crippen molar-refractivity contribution in [3.05, 3.63) is 29.1 Å². The van der Waals surface area contributed by atoms with E-state index in [0.29, 0.717) is 23.7 Å². The molecule has 0 radical (unpaired) electrons. The van der Waals surface area contributed by atoms with E-state index in [2.05, 4.69) is 33.7 Å². The van der Waals surface area contributed by atoms with E-state index in [1.54, 1.807) is 6.08 Å². The first-order valence-electron chi connectivity index (χ1n) is 12.1. The van der Waals surface area contributed by atoms with Gasteiger partial charge < -0.3 is 14.0 Å². The lowest BCUT2D eigenvalue weighted by Gasteiger charge is -2.36. The van der Waals surface area contributed by atoms with Gasteiger partial charge in [-0.05, 0) is 64.6 Å². The molecular weight excluding hydrogens is 456 g/mol. The molecule has 1 saturated carbocycles. The maximum atomic E-state index is 13.0. The van der Waals surface area contributed by atoms with Gasteiger partial charge in [-0.3, -0.25) is 9.69 Å². The molecule has 3 atom stereocenters. The Labute approximate surface area is 204 Å². The largest absolute Gasteiger partial charge is 0.489 e. The van der Waals surface area contributed by atoms with Crippen LogP contribution in [-0.2, 0) is 16.6 Å². The molecule has 8 nitrogen and oxygen atoms in total. The van der Waals surface area contributed by atoms with Gasteiger partial charge in [0.05, 0.1) is 18.6 Å². The molecule has 34 heavy (non-hydrogen) atoms. The Morgan fingerprint density at radius 2 is 2.06 bits per heavy atom. The number of fused-ring (bicyclic) bond motifs is 2. The highest BCUT2D eigenvalue weighted by atomic mass is 35.5. The van der Waals surface area contributed by atoms with E-state index in [0.717, 1.165) is 63.5 Å². The summed E-state index contributed by atoms with van der Waals surface area (Å²) in [5, 5.41) is 4.48. The van der Waals surface area contributed by atoms with Crippen molar-refractivity contribution < 1.29 is 18.8 Å². The maximum Gasteiger partial charge on any atom is 0.263 e. The van der Waals surface area contributed by atoms with Gasteiger partial charge in [0.15, 0.2) is 22.4 Å². The summed E-state index contributed by atoms with van der Waals surface area (Å²) < 4.78 is 17.6. The summed E-state index contributed by atoms with van der Waals surface area (Å²) in [7, 11) is 3.59. The zero-order chi connectivity index (χ0) is 23.9. The summed E-state index contributed by atoms with van der Waals surface area (Å²) >= 11 is 6.51. The summed E-state index contributed by atoms with van der Waals surface area (Å²) in [5.41, 5.74) is 0.868. The standard InChI is InChI=1S/C25H31ClN4O4/c1-4-17(16-10-8-14-30(16)2)33-24-20(32-3)22(26)27-23(28-24)19-15-9-7-13-25(21(15)34-29-19)12-6-5-11-18(25)31/h4,16-17H,1,5-14H2,2-3H3/t16-,17-,25+/m0/s1. The SMILES string of the molecule is C=C[C@H](Oc1nc(-c2noc3c2CCC[C@@]32CCCCC2=O)nc(Cl)c1OC)[C@@H]1CCCN1C. The first-order valence-corrected chi connectivity index (χ1v) is 12.5. The van der Waals surface area contributed by atoms with E-state index < -0.39 is 5.41 Å². The fourth-order valence-corrected chi connectivity index (χ4v) is 6.13. The molecule has 2 aromatic heterocycles. The lowest BCUT2D eigenvalue weighted by atomic mass is 9.64. The van der Waals surface area contributed by atoms with Gasteiger partial charge in [-0.15, -0.1) is 0 Å². The highest BCUT2D eigenvalue weighted by Gasteiger charge is 2.48. The van der Waals surface area contributed by atoms with Gasteiger partial charge in [0.1, 0.15) is 11.9 Å². The minimum Gasteiger partial charge on any atom is -0.489 e. The molecular formula is C25H31ClN4O4. The van der Waals surface area contributed by atoms with Crippen molar-refractivity contribution in [2.45, 2.75) is 75.3 Å². The van der Waals surface area contributed by atoms with E-state index in [-0.39, 0.29) is 34.7 Å². The first-order chi connectivity index (χ1) is 16.5. The Kier molecular flexibility index (Phi) is 6.37. The molecule has 5 rings (SSSR count). The van der Waals surface area contributed by atoms with Crippen molar-refractivity contribution in [3.8, 4) is 23.1 Å². The summed E-state index contributed by atoms with van der Waals surface area (Å²) in [4.78, 5) is 24.4. The van der Waals surface area contributed by atoms with Crippen molar-refractivity contribution in [2.24, 2.45) is 0 Å². The number of nitrogens with zero attached hydrogens (tertiary/aromatic N) is 4. The third-order valence-electron chi connectivity index (χ3n) is 7.69. The quantitative estimate of drug-likeness (QED) is 0.434. The Bertz CT molecular complexity index is 1100. The van der Waals surface area contributed by atoms with Crippen LogP contribution in [0.5, 0.6) is 11.6 Å². The number of hydrogen-bond acceptors (Lipinski definition) is 8. The zero-order valence-corrected chi connectivity index (χ0v) is 20.6. The van der Waals surface area contributed by atoms with E-state index >= 15 is 0 Å². The monoisotopic (exact) mass is 486 g/mol. The smallest absolute Gasteiger partial charge is 0.263 e. The van der Waals surface area contributed by atoms with Crippen LogP contribution >= 0.6 is 11.6 Å². The van der Waals surface area contributed by atoms with Crippen LogP contribution in [0, 0.1) is 0 Å². The molecule has 182 valence electrons. The van der Waals surface area contributed by atoms with Crippen molar-refractivity contribution in [1.82, 2.24) is 20.0 Å². The molecule has 1 aliphatic heterocycles. The number of Topliss-reactive ketones (excluding diaryl/α,β-unsaturated/α-hetero) is 1. The molecule has 9 heteroatoms. The van der Waals surface area contributed by atoms with Crippen LogP contribution in [0.1, 0.15) is 62.7 Å². The fourth-order valence-electron chi connectivity index (χ4n) is 5.89. The van der Waals surface area contributed by atoms with Crippen molar-refractivity contribution in [2.75, 3.05) is 20.7 Å².